The van der Waals surface area contributed by atoms with Gasteiger partial charge >= 0.3 is 0 Å². The summed E-state index contributed by atoms with van der Waals surface area (Å²) in [5.74, 6) is -0.342. The van der Waals surface area contributed by atoms with Crippen LogP contribution in [0, 0.1) is 11.3 Å². The maximum Gasteiger partial charge on any atom is 0.262 e. The summed E-state index contributed by atoms with van der Waals surface area (Å²) in [6.45, 7) is 0. The van der Waals surface area contributed by atoms with Gasteiger partial charge in [-0.25, -0.2) is 0 Å². The molecule has 2 rings (SSSR count). The molecular weight excluding hydrogens is 271 g/mol. The summed E-state index contributed by atoms with van der Waals surface area (Å²) in [4.78, 5) is 11.7. The summed E-state index contributed by atoms with van der Waals surface area (Å²) in [5, 5.41) is 12.6. The number of hydrogen-bond acceptors (Lipinski definition) is 2. The van der Waals surface area contributed by atoms with E-state index >= 15 is 0 Å². The van der Waals surface area contributed by atoms with Gasteiger partial charge in [-0.3, -0.25) is 4.79 Å². The number of nitrogens with one attached hydrogen (secondary N) is 1. The molecule has 5 heteroatoms. The molecule has 1 aliphatic rings. The highest BCUT2D eigenvalue weighted by molar-refractivity contribution is 6.42. The molecular formula is C13H10Cl2N2O. The van der Waals surface area contributed by atoms with Crippen molar-refractivity contribution in [3.8, 4) is 6.07 Å². The second-order valence-electron chi connectivity index (χ2n) is 4.09. The number of halogens is 2. The first-order valence-corrected chi connectivity index (χ1v) is 6.23. The van der Waals surface area contributed by atoms with Crippen LogP contribution in [0.2, 0.25) is 10.0 Å². The average Bonchev–Trinajstić information content (AvgIpc) is 3.14. The van der Waals surface area contributed by atoms with Crippen molar-refractivity contribution in [2.75, 3.05) is 0 Å². The number of benzene rings is 1. The first-order valence-electron chi connectivity index (χ1n) is 5.48. The highest BCUT2D eigenvalue weighted by Crippen LogP contribution is 2.24. The Hall–Kier alpha value is -1.50. The maximum atomic E-state index is 11.7. The van der Waals surface area contributed by atoms with E-state index in [9.17, 15) is 4.79 Å². The summed E-state index contributed by atoms with van der Waals surface area (Å²) in [5.41, 5.74) is 0.743. The van der Waals surface area contributed by atoms with Gasteiger partial charge in [-0.1, -0.05) is 29.3 Å². The van der Waals surface area contributed by atoms with Gasteiger partial charge in [-0.05, 0) is 36.6 Å². The first kappa shape index (κ1) is 12.9. The van der Waals surface area contributed by atoms with Crippen molar-refractivity contribution < 1.29 is 4.79 Å². The number of nitrogens with zero attached hydrogens (tertiary/aromatic N) is 1. The largest absolute Gasteiger partial charge is 0.349 e. The molecule has 1 N–H and O–H groups in total. The minimum atomic E-state index is -0.342. The molecule has 0 atom stereocenters. The maximum absolute atomic E-state index is 11.7. The van der Waals surface area contributed by atoms with Crippen molar-refractivity contribution in [1.82, 2.24) is 5.32 Å². The predicted molar refractivity (Wildman–Crippen MR) is 71.2 cm³/mol. The summed E-state index contributed by atoms with van der Waals surface area (Å²) in [6.07, 6.45) is 3.47. The van der Waals surface area contributed by atoms with Gasteiger partial charge in [0.2, 0.25) is 0 Å². The second-order valence-corrected chi connectivity index (χ2v) is 4.91. The summed E-state index contributed by atoms with van der Waals surface area (Å²) in [7, 11) is 0. The van der Waals surface area contributed by atoms with Gasteiger partial charge in [0, 0.05) is 6.04 Å². The van der Waals surface area contributed by atoms with E-state index in [1.165, 1.54) is 6.08 Å². The molecule has 0 radical (unpaired) electrons. The number of carbonyl (C=O) groups excluding carboxylic acids is 1. The van der Waals surface area contributed by atoms with Crippen molar-refractivity contribution in [1.29, 1.82) is 5.26 Å². The molecule has 0 spiro atoms. The molecule has 1 amide bonds. The standard InChI is InChI=1S/C13H10Cl2N2O/c14-11-4-1-8(6-12(11)15)5-9(7-16)13(18)17-10-2-3-10/h1,4-6,10H,2-3H2,(H,17,18)/b9-5+. The first-order chi connectivity index (χ1) is 8.60. The zero-order valence-electron chi connectivity index (χ0n) is 9.41. The quantitative estimate of drug-likeness (QED) is 0.683. The Morgan fingerprint density at radius 2 is 2.11 bits per heavy atom. The minimum absolute atomic E-state index is 0.0697. The number of amides is 1. The van der Waals surface area contributed by atoms with E-state index in [-0.39, 0.29) is 17.5 Å². The summed E-state index contributed by atoms with van der Waals surface area (Å²) in [6, 6.07) is 7.07. The number of carbonyl (C=O) groups is 1. The van der Waals surface area contributed by atoms with Crippen molar-refractivity contribution in [2.45, 2.75) is 18.9 Å². The van der Waals surface area contributed by atoms with Crippen molar-refractivity contribution in [3.63, 3.8) is 0 Å². The molecule has 1 aromatic rings. The molecule has 92 valence electrons. The van der Waals surface area contributed by atoms with Gasteiger partial charge in [0.25, 0.3) is 5.91 Å². The molecule has 0 bridgehead atoms. The second kappa shape index (κ2) is 5.43. The lowest BCUT2D eigenvalue weighted by Crippen LogP contribution is -2.26. The number of nitriles is 1. The Kier molecular flexibility index (Phi) is 3.90. The van der Waals surface area contributed by atoms with Crippen molar-refractivity contribution >= 4 is 35.2 Å². The van der Waals surface area contributed by atoms with Gasteiger partial charge in [0.1, 0.15) is 11.6 Å². The van der Waals surface area contributed by atoms with E-state index in [0.29, 0.717) is 15.6 Å². The third kappa shape index (κ3) is 3.25. The number of hydrogen-bond donors (Lipinski definition) is 1. The van der Waals surface area contributed by atoms with E-state index in [1.807, 2.05) is 6.07 Å². The third-order valence-corrected chi connectivity index (χ3v) is 3.27. The Bertz CT molecular complexity index is 557. The van der Waals surface area contributed by atoms with Crippen LogP contribution >= 0.6 is 23.2 Å². The van der Waals surface area contributed by atoms with Crippen LogP contribution in [-0.2, 0) is 4.79 Å². The van der Waals surface area contributed by atoms with E-state index in [1.54, 1.807) is 18.2 Å². The lowest BCUT2D eigenvalue weighted by Gasteiger charge is -2.02. The average molecular weight is 281 g/mol. The predicted octanol–water partition coefficient (Wildman–Crippen LogP) is 3.18. The molecule has 0 aliphatic heterocycles. The van der Waals surface area contributed by atoms with Crippen LogP contribution in [0.1, 0.15) is 18.4 Å². The molecule has 0 unspecified atom stereocenters. The lowest BCUT2D eigenvalue weighted by molar-refractivity contribution is -0.117. The number of rotatable bonds is 3. The van der Waals surface area contributed by atoms with Gasteiger partial charge in [0.05, 0.1) is 10.0 Å². The fraction of sp³-hybridized carbons (Fsp3) is 0.231. The van der Waals surface area contributed by atoms with Crippen LogP contribution in [0.4, 0.5) is 0 Å². The molecule has 18 heavy (non-hydrogen) atoms. The Labute approximate surface area is 115 Å². The highest BCUT2D eigenvalue weighted by Gasteiger charge is 2.24. The Balaban J connectivity index is 2.19. The molecule has 1 aromatic carbocycles. The van der Waals surface area contributed by atoms with Gasteiger partial charge < -0.3 is 5.32 Å². The van der Waals surface area contributed by atoms with Crippen LogP contribution in [0.5, 0.6) is 0 Å². The van der Waals surface area contributed by atoms with Gasteiger partial charge in [0.15, 0.2) is 0 Å². The fourth-order valence-corrected chi connectivity index (χ4v) is 1.71. The van der Waals surface area contributed by atoms with Crippen LogP contribution < -0.4 is 5.32 Å². The summed E-state index contributed by atoms with van der Waals surface area (Å²) < 4.78 is 0. The van der Waals surface area contributed by atoms with Crippen LogP contribution in [0.3, 0.4) is 0 Å². The monoisotopic (exact) mass is 280 g/mol. The summed E-state index contributed by atoms with van der Waals surface area (Å²) >= 11 is 11.7. The molecule has 1 aliphatic carbocycles. The molecule has 3 nitrogen and oxygen atoms in total. The topological polar surface area (TPSA) is 52.9 Å². The minimum Gasteiger partial charge on any atom is -0.349 e. The molecule has 1 fully saturated rings. The van der Waals surface area contributed by atoms with E-state index in [0.717, 1.165) is 12.8 Å². The zero-order valence-corrected chi connectivity index (χ0v) is 10.9. The van der Waals surface area contributed by atoms with Crippen molar-refractivity contribution in [3.05, 3.63) is 39.4 Å². The van der Waals surface area contributed by atoms with Gasteiger partial charge in [-0.2, -0.15) is 5.26 Å². The fourth-order valence-electron chi connectivity index (χ4n) is 1.41. The van der Waals surface area contributed by atoms with E-state index < -0.39 is 0 Å². The lowest BCUT2D eigenvalue weighted by atomic mass is 10.1. The van der Waals surface area contributed by atoms with E-state index in [2.05, 4.69) is 5.32 Å². The molecule has 0 saturated heterocycles. The van der Waals surface area contributed by atoms with Gasteiger partial charge in [-0.15, -0.1) is 0 Å². The molecule has 0 heterocycles. The normalized spacial score (nSPS) is 15.1. The third-order valence-electron chi connectivity index (χ3n) is 2.53. The molecule has 0 aromatic heterocycles. The van der Waals surface area contributed by atoms with Crippen LogP contribution in [-0.4, -0.2) is 11.9 Å². The van der Waals surface area contributed by atoms with Crippen LogP contribution in [0.15, 0.2) is 23.8 Å². The SMILES string of the molecule is N#C/C(=C\c1ccc(Cl)c(Cl)c1)C(=O)NC1CC1. The Morgan fingerprint density at radius 1 is 1.39 bits per heavy atom. The highest BCUT2D eigenvalue weighted by atomic mass is 35.5. The Morgan fingerprint density at radius 3 is 2.67 bits per heavy atom. The van der Waals surface area contributed by atoms with Crippen LogP contribution in [0.25, 0.3) is 6.08 Å². The zero-order chi connectivity index (χ0) is 13.1. The smallest absolute Gasteiger partial charge is 0.262 e. The molecule has 1 saturated carbocycles. The van der Waals surface area contributed by atoms with E-state index in [4.69, 9.17) is 28.5 Å². The van der Waals surface area contributed by atoms with Crippen molar-refractivity contribution in [2.24, 2.45) is 0 Å².